The van der Waals surface area contributed by atoms with Crippen LogP contribution in [0.1, 0.15) is 66.2 Å². The summed E-state index contributed by atoms with van der Waals surface area (Å²) in [5, 5.41) is 20.4. The van der Waals surface area contributed by atoms with Gasteiger partial charge in [-0.3, -0.25) is 0 Å². The van der Waals surface area contributed by atoms with Gasteiger partial charge in [0.15, 0.2) is 0 Å². The van der Waals surface area contributed by atoms with Gasteiger partial charge in [0.2, 0.25) is 0 Å². The Hall–Kier alpha value is -1.30. The molecule has 22 heavy (non-hydrogen) atoms. The summed E-state index contributed by atoms with van der Waals surface area (Å²) >= 11 is 0. The van der Waals surface area contributed by atoms with E-state index in [9.17, 15) is 10.2 Å². The van der Waals surface area contributed by atoms with Crippen molar-refractivity contribution in [3.05, 3.63) is 36.5 Å². The predicted octanol–water partition coefficient (Wildman–Crippen LogP) is 4.54. The maximum Gasteiger partial charge on any atom is 0.123 e. The summed E-state index contributed by atoms with van der Waals surface area (Å²) in [5.74, 6) is 5.68. The normalized spacial score (nSPS) is 16.5. The van der Waals surface area contributed by atoms with Gasteiger partial charge in [-0.05, 0) is 78.4 Å². The molecule has 2 unspecified atom stereocenters. The van der Waals surface area contributed by atoms with Gasteiger partial charge in [0.25, 0.3) is 0 Å². The molecule has 0 fully saturated rings. The van der Waals surface area contributed by atoms with Crippen molar-refractivity contribution in [3.8, 4) is 11.8 Å². The first kappa shape index (κ1) is 20.7. The van der Waals surface area contributed by atoms with Crippen LogP contribution in [-0.2, 0) is 0 Å². The molecule has 2 heteroatoms. The first-order valence-corrected chi connectivity index (χ1v) is 7.98. The highest BCUT2D eigenvalue weighted by Gasteiger charge is 2.16. The van der Waals surface area contributed by atoms with Crippen LogP contribution in [0.4, 0.5) is 0 Å². The zero-order valence-electron chi connectivity index (χ0n) is 14.7. The van der Waals surface area contributed by atoms with Gasteiger partial charge in [0, 0.05) is 0 Å². The summed E-state index contributed by atoms with van der Waals surface area (Å²) < 4.78 is 0. The fraction of sp³-hybridized carbons (Fsp3) is 0.600. The first-order chi connectivity index (χ1) is 10.0. The van der Waals surface area contributed by atoms with Crippen LogP contribution in [0.2, 0.25) is 0 Å². The molecule has 0 aromatic rings. The van der Waals surface area contributed by atoms with Crippen LogP contribution in [-0.4, -0.2) is 21.4 Å². The fourth-order valence-corrected chi connectivity index (χ4v) is 2.05. The molecule has 0 heterocycles. The minimum atomic E-state index is -0.994. The summed E-state index contributed by atoms with van der Waals surface area (Å²) in [7, 11) is 0. The van der Waals surface area contributed by atoms with Crippen molar-refractivity contribution >= 4 is 0 Å². The second-order valence-electron chi connectivity index (χ2n) is 6.86. The van der Waals surface area contributed by atoms with Crippen molar-refractivity contribution in [1.82, 2.24) is 0 Å². The van der Waals surface area contributed by atoms with E-state index in [-0.39, 0.29) is 0 Å². The van der Waals surface area contributed by atoms with E-state index in [1.165, 1.54) is 0 Å². The lowest BCUT2D eigenvalue weighted by Gasteiger charge is -2.18. The molecule has 2 N–H and O–H groups in total. The summed E-state index contributed by atoms with van der Waals surface area (Å²) in [6, 6.07) is 0. The van der Waals surface area contributed by atoms with Gasteiger partial charge >= 0.3 is 0 Å². The third-order valence-corrected chi connectivity index (χ3v) is 3.42. The zero-order chi connectivity index (χ0) is 17.2. The molecule has 0 rings (SSSR count). The summed E-state index contributed by atoms with van der Waals surface area (Å²) in [6.45, 7) is 15.2. The maximum absolute atomic E-state index is 10.2. The van der Waals surface area contributed by atoms with Crippen LogP contribution in [0, 0.1) is 11.8 Å². The SMILES string of the molecule is C=C(C)CCCC(C)(O)C#CC=CC(C)(O)CCCC(=C)C. The van der Waals surface area contributed by atoms with Crippen LogP contribution in [0.15, 0.2) is 36.5 Å². The Balaban J connectivity index is 4.33. The van der Waals surface area contributed by atoms with Gasteiger partial charge in [0.1, 0.15) is 5.60 Å². The molecule has 0 saturated heterocycles. The summed E-state index contributed by atoms with van der Waals surface area (Å²) in [5.41, 5.74) is 0.390. The van der Waals surface area contributed by atoms with Gasteiger partial charge < -0.3 is 10.2 Å². The van der Waals surface area contributed by atoms with Crippen LogP contribution in [0.3, 0.4) is 0 Å². The second kappa shape index (κ2) is 9.66. The lowest BCUT2D eigenvalue weighted by atomic mass is 9.96. The largest absolute Gasteiger partial charge is 0.386 e. The van der Waals surface area contributed by atoms with Crippen molar-refractivity contribution < 1.29 is 10.2 Å². The smallest absolute Gasteiger partial charge is 0.123 e. The van der Waals surface area contributed by atoms with Crippen LogP contribution < -0.4 is 0 Å². The molecule has 124 valence electrons. The number of hydrogen-bond acceptors (Lipinski definition) is 2. The topological polar surface area (TPSA) is 40.5 Å². The van der Waals surface area contributed by atoms with Crippen molar-refractivity contribution in [1.29, 1.82) is 0 Å². The third-order valence-electron chi connectivity index (χ3n) is 3.42. The minimum absolute atomic E-state index is 0.621. The molecule has 0 amide bonds. The quantitative estimate of drug-likeness (QED) is 0.485. The number of rotatable bonds is 9. The average molecular weight is 304 g/mol. The van der Waals surface area contributed by atoms with Gasteiger partial charge in [-0.15, -0.1) is 13.2 Å². The molecule has 0 radical (unpaired) electrons. The van der Waals surface area contributed by atoms with Gasteiger partial charge in [-0.2, -0.15) is 0 Å². The number of hydrogen-bond donors (Lipinski definition) is 2. The maximum atomic E-state index is 10.2. The highest BCUT2D eigenvalue weighted by Crippen LogP contribution is 2.17. The Kier molecular flexibility index (Phi) is 9.09. The van der Waals surface area contributed by atoms with Crippen LogP contribution >= 0.6 is 0 Å². The Morgan fingerprint density at radius 2 is 1.50 bits per heavy atom. The van der Waals surface area contributed by atoms with Crippen molar-refractivity contribution in [2.24, 2.45) is 0 Å². The highest BCUT2D eigenvalue weighted by atomic mass is 16.3. The molecule has 0 aromatic heterocycles. The van der Waals surface area contributed by atoms with E-state index >= 15 is 0 Å². The lowest BCUT2D eigenvalue weighted by molar-refractivity contribution is 0.0994. The molecule has 0 aliphatic carbocycles. The number of aliphatic hydroxyl groups is 2. The van der Waals surface area contributed by atoms with Gasteiger partial charge in [-0.25, -0.2) is 0 Å². The molecule has 0 aromatic carbocycles. The Morgan fingerprint density at radius 1 is 1.00 bits per heavy atom. The molecular formula is C20H32O2. The van der Waals surface area contributed by atoms with E-state index in [0.29, 0.717) is 12.8 Å². The highest BCUT2D eigenvalue weighted by molar-refractivity contribution is 5.23. The van der Waals surface area contributed by atoms with E-state index in [1.807, 2.05) is 13.8 Å². The minimum Gasteiger partial charge on any atom is -0.386 e. The van der Waals surface area contributed by atoms with Gasteiger partial charge in [-0.1, -0.05) is 23.0 Å². The first-order valence-electron chi connectivity index (χ1n) is 7.98. The van der Waals surface area contributed by atoms with Crippen molar-refractivity contribution in [2.75, 3.05) is 0 Å². The van der Waals surface area contributed by atoms with E-state index in [1.54, 1.807) is 26.0 Å². The van der Waals surface area contributed by atoms with Crippen molar-refractivity contribution in [2.45, 2.75) is 77.4 Å². The third kappa shape index (κ3) is 12.4. The predicted molar refractivity (Wildman–Crippen MR) is 95.5 cm³/mol. The average Bonchev–Trinajstić information content (AvgIpc) is 2.33. The van der Waals surface area contributed by atoms with Gasteiger partial charge in [0.05, 0.1) is 5.60 Å². The van der Waals surface area contributed by atoms with E-state index in [4.69, 9.17) is 0 Å². The van der Waals surface area contributed by atoms with Crippen LogP contribution in [0.5, 0.6) is 0 Å². The molecular weight excluding hydrogens is 272 g/mol. The number of allylic oxidation sites excluding steroid dienone is 3. The molecule has 0 aliphatic rings. The fourth-order valence-electron chi connectivity index (χ4n) is 2.05. The van der Waals surface area contributed by atoms with Crippen molar-refractivity contribution in [3.63, 3.8) is 0 Å². The van der Waals surface area contributed by atoms with Crippen LogP contribution in [0.25, 0.3) is 0 Å². The Labute approximate surface area is 136 Å². The summed E-state index contributed by atoms with van der Waals surface area (Å²) in [6.07, 6.45) is 8.23. The molecule has 0 bridgehead atoms. The standard InChI is InChI=1S/C20H32O2/c1-17(2)11-9-15-19(5,21)13-7-8-14-20(6,22)16-10-12-18(3)4/h7,13,21-22H,1,3,9-12,15-16H2,2,4-6H3. The second-order valence-corrected chi connectivity index (χ2v) is 6.86. The molecule has 0 aliphatic heterocycles. The molecule has 0 saturated carbocycles. The van der Waals surface area contributed by atoms with E-state index in [0.717, 1.165) is 36.8 Å². The molecule has 2 nitrogen and oxygen atoms in total. The zero-order valence-corrected chi connectivity index (χ0v) is 14.7. The monoisotopic (exact) mass is 304 g/mol. The van der Waals surface area contributed by atoms with E-state index < -0.39 is 11.2 Å². The lowest BCUT2D eigenvalue weighted by Crippen LogP contribution is -2.21. The van der Waals surface area contributed by atoms with E-state index in [2.05, 4.69) is 25.0 Å². The molecule has 0 spiro atoms. The Bertz CT molecular complexity index is 456. The Morgan fingerprint density at radius 3 is 2.00 bits per heavy atom. The molecule has 2 atom stereocenters. The summed E-state index contributed by atoms with van der Waals surface area (Å²) in [4.78, 5) is 0.